The highest BCUT2D eigenvalue weighted by Gasteiger charge is 2.21. The predicted molar refractivity (Wildman–Crippen MR) is 127 cm³/mol. The number of aliphatic imine (C=N–C) groups is 1. The fourth-order valence-corrected chi connectivity index (χ4v) is 3.93. The maximum Gasteiger partial charge on any atom is 0.191 e. The average Bonchev–Trinajstić information content (AvgIpc) is 3.06. The van der Waals surface area contributed by atoms with E-state index in [-0.39, 0.29) is 24.0 Å². The van der Waals surface area contributed by atoms with E-state index in [1.54, 1.807) is 11.3 Å². The van der Waals surface area contributed by atoms with Crippen molar-refractivity contribution < 1.29 is 0 Å². The number of rotatable bonds is 5. The van der Waals surface area contributed by atoms with Crippen LogP contribution in [0.15, 0.2) is 35.5 Å². The number of hydrogen-bond donors (Lipinski definition) is 2. The molecule has 1 saturated heterocycles. The molecule has 148 valence electrons. The molecule has 0 radical (unpaired) electrons. The van der Waals surface area contributed by atoms with Crippen LogP contribution in [0.3, 0.4) is 0 Å². The molecule has 3 rings (SSSR count). The number of halogens is 1. The number of benzene rings is 1. The number of thiazole rings is 1. The summed E-state index contributed by atoms with van der Waals surface area (Å²) in [6.07, 6.45) is 4.27. The van der Waals surface area contributed by atoms with Gasteiger partial charge in [-0.3, -0.25) is 0 Å². The van der Waals surface area contributed by atoms with Crippen molar-refractivity contribution in [3.63, 3.8) is 0 Å². The number of guanidine groups is 1. The van der Waals surface area contributed by atoms with Gasteiger partial charge in [-0.05, 0) is 45.7 Å². The van der Waals surface area contributed by atoms with Crippen LogP contribution in [-0.4, -0.2) is 36.6 Å². The Kier molecular flexibility index (Phi) is 8.82. The summed E-state index contributed by atoms with van der Waals surface area (Å²) in [7, 11) is 0. The number of aromatic nitrogens is 1. The molecule has 1 aromatic heterocycles. The van der Waals surface area contributed by atoms with E-state index in [0.29, 0.717) is 12.6 Å². The van der Waals surface area contributed by atoms with Crippen molar-refractivity contribution in [1.82, 2.24) is 15.6 Å². The third kappa shape index (κ3) is 6.64. The zero-order chi connectivity index (χ0) is 18.4. The van der Waals surface area contributed by atoms with E-state index < -0.39 is 0 Å². The lowest BCUT2D eigenvalue weighted by molar-refractivity contribution is 0.468. The van der Waals surface area contributed by atoms with E-state index >= 15 is 0 Å². The summed E-state index contributed by atoms with van der Waals surface area (Å²) in [6.45, 7) is 9.92. The lowest BCUT2D eigenvalue weighted by Gasteiger charge is -2.35. The maximum absolute atomic E-state index is 4.72. The van der Waals surface area contributed by atoms with E-state index in [1.165, 1.54) is 29.0 Å². The van der Waals surface area contributed by atoms with Gasteiger partial charge in [0.1, 0.15) is 5.01 Å². The summed E-state index contributed by atoms with van der Waals surface area (Å²) in [5.41, 5.74) is 2.61. The van der Waals surface area contributed by atoms with Gasteiger partial charge < -0.3 is 15.5 Å². The highest BCUT2D eigenvalue weighted by atomic mass is 127. The number of piperidine rings is 1. The lowest BCUT2D eigenvalue weighted by atomic mass is 10.0. The van der Waals surface area contributed by atoms with Crippen molar-refractivity contribution in [2.45, 2.75) is 46.2 Å². The summed E-state index contributed by atoms with van der Waals surface area (Å²) in [6, 6.07) is 9.23. The minimum Gasteiger partial charge on any atom is -0.369 e. The Hall–Kier alpha value is -1.35. The van der Waals surface area contributed by atoms with Crippen LogP contribution in [0.5, 0.6) is 0 Å². The van der Waals surface area contributed by atoms with Crippen LogP contribution in [0.25, 0.3) is 0 Å². The molecule has 7 heteroatoms. The molecule has 1 unspecified atom stereocenters. The fraction of sp³-hybridized carbons (Fsp3) is 0.500. The minimum absolute atomic E-state index is 0. The number of hydrogen-bond acceptors (Lipinski definition) is 4. The van der Waals surface area contributed by atoms with Gasteiger partial charge in [0.25, 0.3) is 0 Å². The Bertz CT molecular complexity index is 728. The summed E-state index contributed by atoms with van der Waals surface area (Å²) < 4.78 is 0. The van der Waals surface area contributed by atoms with Gasteiger partial charge >= 0.3 is 0 Å². The second kappa shape index (κ2) is 10.8. The van der Waals surface area contributed by atoms with Gasteiger partial charge in [-0.1, -0.05) is 17.7 Å². The van der Waals surface area contributed by atoms with Gasteiger partial charge in [-0.25, -0.2) is 9.98 Å². The molecule has 27 heavy (non-hydrogen) atoms. The fourth-order valence-electron chi connectivity index (χ4n) is 3.22. The first-order valence-corrected chi connectivity index (χ1v) is 10.2. The van der Waals surface area contributed by atoms with Gasteiger partial charge in [0, 0.05) is 42.4 Å². The van der Waals surface area contributed by atoms with Crippen molar-refractivity contribution >= 4 is 47.0 Å². The highest BCUT2D eigenvalue weighted by molar-refractivity contribution is 14.0. The van der Waals surface area contributed by atoms with Crippen LogP contribution in [-0.2, 0) is 6.54 Å². The summed E-state index contributed by atoms with van der Waals surface area (Å²) in [5.74, 6) is 0.885. The zero-order valence-electron chi connectivity index (χ0n) is 16.4. The van der Waals surface area contributed by atoms with Gasteiger partial charge in [0.05, 0.1) is 6.54 Å². The molecule has 0 amide bonds. The van der Waals surface area contributed by atoms with Crippen LogP contribution in [0.1, 0.15) is 35.2 Å². The van der Waals surface area contributed by atoms with E-state index in [9.17, 15) is 0 Å². The summed E-state index contributed by atoms with van der Waals surface area (Å²) >= 11 is 1.71. The molecule has 5 nitrogen and oxygen atoms in total. The molecule has 2 N–H and O–H groups in total. The molecular weight excluding hydrogens is 469 g/mol. The smallest absolute Gasteiger partial charge is 0.191 e. The standard InChI is InChI=1S/C20H29N5S.HI/c1-4-21-20(23-13-19-22-12-16(3)26-19)24-17-6-5-11-25(14-17)18-9-7-15(2)8-10-18;/h7-10,12,17H,4-6,11,13-14H2,1-3H3,(H2,21,23,24);1H. The van der Waals surface area contributed by atoms with Crippen LogP contribution < -0.4 is 15.5 Å². The Labute approximate surface area is 183 Å². The Morgan fingerprint density at radius 3 is 2.74 bits per heavy atom. The Balaban J connectivity index is 0.00000261. The third-order valence-corrected chi connectivity index (χ3v) is 5.44. The van der Waals surface area contributed by atoms with Gasteiger partial charge in [-0.15, -0.1) is 35.3 Å². The average molecular weight is 499 g/mol. The Morgan fingerprint density at radius 2 is 2.07 bits per heavy atom. The van der Waals surface area contributed by atoms with E-state index in [4.69, 9.17) is 4.99 Å². The molecular formula is C20H30IN5S. The van der Waals surface area contributed by atoms with Crippen LogP contribution in [0, 0.1) is 13.8 Å². The second-order valence-corrected chi connectivity index (χ2v) is 8.14. The molecule has 0 bridgehead atoms. The second-order valence-electron chi connectivity index (χ2n) is 6.82. The summed E-state index contributed by atoms with van der Waals surface area (Å²) in [5, 5.41) is 8.05. The first kappa shape index (κ1) is 21.9. The van der Waals surface area contributed by atoms with Crippen molar-refractivity contribution in [3.8, 4) is 0 Å². The molecule has 1 fully saturated rings. The van der Waals surface area contributed by atoms with Gasteiger partial charge in [0.2, 0.25) is 0 Å². The normalized spacial score (nSPS) is 17.4. The maximum atomic E-state index is 4.72. The molecule has 0 spiro atoms. The minimum atomic E-state index is 0. The highest BCUT2D eigenvalue weighted by Crippen LogP contribution is 2.20. The van der Waals surface area contributed by atoms with E-state index in [1.807, 2.05) is 6.20 Å². The van der Waals surface area contributed by atoms with Crippen molar-refractivity contribution in [2.75, 3.05) is 24.5 Å². The van der Waals surface area contributed by atoms with E-state index in [0.717, 1.165) is 30.6 Å². The van der Waals surface area contributed by atoms with Gasteiger partial charge in [0.15, 0.2) is 5.96 Å². The van der Waals surface area contributed by atoms with E-state index in [2.05, 4.69) is 65.6 Å². The zero-order valence-corrected chi connectivity index (χ0v) is 19.5. The largest absolute Gasteiger partial charge is 0.369 e. The topological polar surface area (TPSA) is 52.6 Å². The molecule has 1 aliphatic rings. The molecule has 1 atom stereocenters. The third-order valence-electron chi connectivity index (χ3n) is 4.55. The predicted octanol–water partition coefficient (Wildman–Crippen LogP) is 4.10. The molecule has 0 saturated carbocycles. The van der Waals surface area contributed by atoms with Crippen LogP contribution in [0.4, 0.5) is 5.69 Å². The van der Waals surface area contributed by atoms with Crippen molar-refractivity contribution in [2.24, 2.45) is 4.99 Å². The quantitative estimate of drug-likeness (QED) is 0.370. The van der Waals surface area contributed by atoms with Crippen molar-refractivity contribution in [1.29, 1.82) is 0 Å². The number of aryl methyl sites for hydroxylation is 2. The number of nitrogens with one attached hydrogen (secondary N) is 2. The molecule has 1 aliphatic heterocycles. The molecule has 1 aromatic carbocycles. The molecule has 2 aromatic rings. The first-order chi connectivity index (χ1) is 12.6. The number of nitrogens with zero attached hydrogens (tertiary/aromatic N) is 3. The Morgan fingerprint density at radius 1 is 1.30 bits per heavy atom. The van der Waals surface area contributed by atoms with Crippen LogP contribution in [0.2, 0.25) is 0 Å². The first-order valence-electron chi connectivity index (χ1n) is 9.42. The van der Waals surface area contributed by atoms with Crippen molar-refractivity contribution in [3.05, 3.63) is 45.9 Å². The number of anilines is 1. The molecule has 0 aliphatic carbocycles. The van der Waals surface area contributed by atoms with Gasteiger partial charge in [-0.2, -0.15) is 0 Å². The monoisotopic (exact) mass is 499 g/mol. The summed E-state index contributed by atoms with van der Waals surface area (Å²) in [4.78, 5) is 12.8. The van der Waals surface area contributed by atoms with Crippen LogP contribution >= 0.6 is 35.3 Å². The molecule has 2 heterocycles. The lowest BCUT2D eigenvalue weighted by Crippen LogP contribution is -2.51. The SMILES string of the molecule is CCNC(=NCc1ncc(C)s1)NC1CCCN(c2ccc(C)cc2)C1.I.